The van der Waals surface area contributed by atoms with Crippen LogP contribution in [0.3, 0.4) is 0 Å². The summed E-state index contributed by atoms with van der Waals surface area (Å²) in [6, 6.07) is 19.7. The number of anilines is 1. The topological polar surface area (TPSA) is 96.0 Å². The molecule has 0 aromatic heterocycles. The standard InChI is InChI=1S/C31H39N3O5S/c1-7-24(4)32-31(36)25(5)33(20-26-11-9-8-10-23(26)3)30(35)21-34(27-14-12-22(2)13-15-27)40(37,38)29-18-16-28(39-6)17-19-29/h8-19,24-25H,7,20-21H2,1-6H3,(H,32,36)/t24-,25+/m1/s1. The molecule has 0 bridgehead atoms. The predicted octanol–water partition coefficient (Wildman–Crippen LogP) is 4.84. The summed E-state index contributed by atoms with van der Waals surface area (Å²) in [5.74, 6) is -0.272. The average molecular weight is 566 g/mol. The Kier molecular flexibility index (Phi) is 10.3. The number of hydrogen-bond donors (Lipinski definition) is 1. The van der Waals surface area contributed by atoms with Crippen molar-refractivity contribution in [3.63, 3.8) is 0 Å². The fourth-order valence-electron chi connectivity index (χ4n) is 4.13. The summed E-state index contributed by atoms with van der Waals surface area (Å²) in [6.45, 7) is 9.05. The molecule has 3 rings (SSSR count). The van der Waals surface area contributed by atoms with E-state index < -0.39 is 28.5 Å². The van der Waals surface area contributed by atoms with Gasteiger partial charge in [0.25, 0.3) is 10.0 Å². The molecule has 2 atom stereocenters. The largest absolute Gasteiger partial charge is 0.497 e. The Balaban J connectivity index is 2.03. The van der Waals surface area contributed by atoms with E-state index in [1.54, 1.807) is 43.3 Å². The minimum Gasteiger partial charge on any atom is -0.497 e. The highest BCUT2D eigenvalue weighted by Crippen LogP contribution is 2.26. The molecule has 1 N–H and O–H groups in total. The van der Waals surface area contributed by atoms with Gasteiger partial charge in [0, 0.05) is 12.6 Å². The maximum atomic E-state index is 14.0. The van der Waals surface area contributed by atoms with E-state index in [4.69, 9.17) is 4.74 Å². The number of benzene rings is 3. The van der Waals surface area contributed by atoms with Crippen LogP contribution >= 0.6 is 0 Å². The van der Waals surface area contributed by atoms with Crippen LogP contribution in [0.25, 0.3) is 0 Å². The van der Waals surface area contributed by atoms with Crippen LogP contribution in [0.2, 0.25) is 0 Å². The summed E-state index contributed by atoms with van der Waals surface area (Å²) in [6.07, 6.45) is 0.742. The fraction of sp³-hybridized carbons (Fsp3) is 0.355. The van der Waals surface area contributed by atoms with Gasteiger partial charge >= 0.3 is 0 Å². The second-order valence-corrected chi connectivity index (χ2v) is 11.8. The van der Waals surface area contributed by atoms with Crippen molar-refractivity contribution in [3.05, 3.63) is 89.5 Å². The molecular formula is C31H39N3O5S. The number of amides is 2. The molecular weight excluding hydrogens is 526 g/mol. The van der Waals surface area contributed by atoms with Gasteiger partial charge in [-0.05, 0) is 81.6 Å². The predicted molar refractivity (Wildman–Crippen MR) is 158 cm³/mol. The zero-order chi connectivity index (χ0) is 29.4. The number of methoxy groups -OCH3 is 1. The highest BCUT2D eigenvalue weighted by Gasteiger charge is 2.33. The van der Waals surface area contributed by atoms with Gasteiger partial charge in [-0.25, -0.2) is 8.42 Å². The Bertz CT molecular complexity index is 1410. The number of carbonyl (C=O) groups is 2. The van der Waals surface area contributed by atoms with Crippen LogP contribution in [0.5, 0.6) is 5.75 Å². The molecule has 0 aliphatic carbocycles. The maximum absolute atomic E-state index is 14.0. The van der Waals surface area contributed by atoms with Crippen molar-refractivity contribution in [2.75, 3.05) is 18.0 Å². The van der Waals surface area contributed by atoms with Crippen molar-refractivity contribution in [2.45, 2.75) is 64.6 Å². The van der Waals surface area contributed by atoms with Gasteiger partial charge in [-0.3, -0.25) is 13.9 Å². The van der Waals surface area contributed by atoms with Gasteiger partial charge in [-0.15, -0.1) is 0 Å². The average Bonchev–Trinajstić information content (AvgIpc) is 2.95. The van der Waals surface area contributed by atoms with Crippen molar-refractivity contribution in [1.29, 1.82) is 0 Å². The first kappa shape index (κ1) is 30.7. The number of carbonyl (C=O) groups excluding carboxylic acids is 2. The summed E-state index contributed by atoms with van der Waals surface area (Å²) in [5, 5.41) is 2.95. The second kappa shape index (κ2) is 13.5. The molecule has 0 heterocycles. The minimum absolute atomic E-state index is 0.0229. The third kappa shape index (κ3) is 7.41. The Hall–Kier alpha value is -3.85. The number of aryl methyl sites for hydroxylation is 2. The zero-order valence-electron chi connectivity index (χ0n) is 24.0. The summed E-state index contributed by atoms with van der Waals surface area (Å²) in [4.78, 5) is 28.6. The third-order valence-electron chi connectivity index (χ3n) is 7.02. The van der Waals surface area contributed by atoms with Crippen LogP contribution < -0.4 is 14.4 Å². The maximum Gasteiger partial charge on any atom is 0.264 e. The van der Waals surface area contributed by atoms with Gasteiger partial charge in [0.2, 0.25) is 11.8 Å². The summed E-state index contributed by atoms with van der Waals surface area (Å²) in [7, 11) is -2.64. The molecule has 0 fully saturated rings. The lowest BCUT2D eigenvalue weighted by Crippen LogP contribution is -2.52. The summed E-state index contributed by atoms with van der Waals surface area (Å²) < 4.78 is 34.1. The number of hydrogen-bond acceptors (Lipinski definition) is 5. The smallest absolute Gasteiger partial charge is 0.264 e. The lowest BCUT2D eigenvalue weighted by atomic mass is 10.1. The molecule has 0 unspecified atom stereocenters. The van der Waals surface area contributed by atoms with Crippen LogP contribution in [0.15, 0.2) is 77.7 Å². The van der Waals surface area contributed by atoms with Gasteiger partial charge in [0.15, 0.2) is 0 Å². The van der Waals surface area contributed by atoms with Crippen LogP contribution in [-0.4, -0.2) is 50.9 Å². The third-order valence-corrected chi connectivity index (χ3v) is 8.81. The number of nitrogens with one attached hydrogen (secondary N) is 1. The molecule has 0 saturated heterocycles. The van der Waals surface area contributed by atoms with E-state index in [0.717, 1.165) is 27.4 Å². The van der Waals surface area contributed by atoms with Crippen molar-refractivity contribution in [2.24, 2.45) is 0 Å². The normalized spacial score (nSPS) is 12.8. The van der Waals surface area contributed by atoms with Crippen molar-refractivity contribution >= 4 is 27.5 Å². The fourth-order valence-corrected chi connectivity index (χ4v) is 5.55. The van der Waals surface area contributed by atoms with Gasteiger partial charge < -0.3 is 15.0 Å². The van der Waals surface area contributed by atoms with Crippen LogP contribution in [0.4, 0.5) is 5.69 Å². The van der Waals surface area contributed by atoms with E-state index in [1.807, 2.05) is 52.0 Å². The highest BCUT2D eigenvalue weighted by atomic mass is 32.2. The molecule has 8 nitrogen and oxygen atoms in total. The first-order chi connectivity index (χ1) is 19.0. The van der Waals surface area contributed by atoms with Crippen LogP contribution in [0.1, 0.15) is 43.9 Å². The van der Waals surface area contributed by atoms with E-state index >= 15 is 0 Å². The van der Waals surface area contributed by atoms with Crippen LogP contribution in [-0.2, 0) is 26.2 Å². The van der Waals surface area contributed by atoms with Crippen molar-refractivity contribution in [3.8, 4) is 5.75 Å². The SMILES string of the molecule is CC[C@@H](C)NC(=O)[C@H](C)N(Cc1ccccc1C)C(=O)CN(c1ccc(C)cc1)S(=O)(=O)c1ccc(OC)cc1. The second-order valence-electron chi connectivity index (χ2n) is 9.96. The molecule has 0 radical (unpaired) electrons. The number of ether oxygens (including phenoxy) is 1. The Morgan fingerprint density at radius 1 is 0.925 bits per heavy atom. The van der Waals surface area contributed by atoms with Crippen molar-refractivity contribution < 1.29 is 22.7 Å². The van der Waals surface area contributed by atoms with Gasteiger partial charge in [0.05, 0.1) is 17.7 Å². The number of nitrogens with zero attached hydrogens (tertiary/aromatic N) is 2. The molecule has 3 aromatic rings. The molecule has 40 heavy (non-hydrogen) atoms. The molecule has 3 aromatic carbocycles. The van der Waals surface area contributed by atoms with E-state index in [1.165, 1.54) is 24.1 Å². The van der Waals surface area contributed by atoms with Gasteiger partial charge in [-0.2, -0.15) is 0 Å². The molecule has 2 amide bonds. The number of rotatable bonds is 12. The Labute approximate surface area is 238 Å². The van der Waals surface area contributed by atoms with Gasteiger partial charge in [0.1, 0.15) is 18.3 Å². The molecule has 0 spiro atoms. The quantitative estimate of drug-likeness (QED) is 0.339. The highest BCUT2D eigenvalue weighted by molar-refractivity contribution is 7.92. The monoisotopic (exact) mass is 565 g/mol. The zero-order valence-corrected chi connectivity index (χ0v) is 24.9. The molecule has 0 aliphatic rings. The van der Waals surface area contributed by atoms with E-state index in [0.29, 0.717) is 11.4 Å². The van der Waals surface area contributed by atoms with Crippen molar-refractivity contribution in [1.82, 2.24) is 10.2 Å². The first-order valence-corrected chi connectivity index (χ1v) is 14.8. The Morgan fingerprint density at radius 2 is 1.55 bits per heavy atom. The lowest BCUT2D eigenvalue weighted by Gasteiger charge is -2.32. The molecule has 0 saturated carbocycles. The first-order valence-electron chi connectivity index (χ1n) is 13.4. The Morgan fingerprint density at radius 3 is 2.12 bits per heavy atom. The van der Waals surface area contributed by atoms with Gasteiger partial charge in [-0.1, -0.05) is 48.9 Å². The lowest BCUT2D eigenvalue weighted by molar-refractivity contribution is -0.139. The molecule has 214 valence electrons. The molecule has 9 heteroatoms. The van der Waals surface area contributed by atoms with E-state index in [9.17, 15) is 18.0 Å². The van der Waals surface area contributed by atoms with Crippen LogP contribution in [0, 0.1) is 13.8 Å². The van der Waals surface area contributed by atoms with E-state index in [2.05, 4.69) is 5.32 Å². The van der Waals surface area contributed by atoms with E-state index in [-0.39, 0.29) is 23.4 Å². The minimum atomic E-state index is -4.14. The summed E-state index contributed by atoms with van der Waals surface area (Å²) >= 11 is 0. The molecule has 0 aliphatic heterocycles. The summed E-state index contributed by atoms with van der Waals surface area (Å²) in [5.41, 5.74) is 3.14. The number of sulfonamides is 1.